The van der Waals surface area contributed by atoms with Gasteiger partial charge in [-0.15, -0.1) is 0 Å². The fraction of sp³-hybridized carbons (Fsp3) is 0.615. The fourth-order valence-corrected chi connectivity index (χ4v) is 4.91. The summed E-state index contributed by atoms with van der Waals surface area (Å²) in [5.41, 5.74) is 2.40. The minimum Gasteiger partial charge on any atom is -0.466 e. The van der Waals surface area contributed by atoms with Crippen LogP contribution in [0.15, 0.2) is 29.8 Å². The van der Waals surface area contributed by atoms with Gasteiger partial charge in [-0.2, -0.15) is 0 Å². The van der Waals surface area contributed by atoms with E-state index in [4.69, 9.17) is 21.1 Å². The van der Waals surface area contributed by atoms with Gasteiger partial charge in [-0.1, -0.05) is 23.7 Å². The molecule has 1 aliphatic heterocycles. The first-order valence-electron chi connectivity index (χ1n) is 11.8. The molecule has 6 nitrogen and oxygen atoms in total. The van der Waals surface area contributed by atoms with Crippen molar-refractivity contribution in [1.82, 2.24) is 9.80 Å². The number of rotatable bonds is 5. The summed E-state index contributed by atoms with van der Waals surface area (Å²) in [6.07, 6.45) is 4.21. The van der Waals surface area contributed by atoms with Crippen molar-refractivity contribution in [1.29, 1.82) is 0 Å². The van der Waals surface area contributed by atoms with Crippen molar-refractivity contribution < 1.29 is 19.1 Å². The molecule has 0 spiro atoms. The summed E-state index contributed by atoms with van der Waals surface area (Å²) in [4.78, 5) is 29.1. The number of carbonyl (C=O) groups excluding carboxylic acids is 2. The average molecular weight is 477 g/mol. The molecular formula is C26H37ClN2O4. The Kier molecular flexibility index (Phi) is 8.46. The average Bonchev–Trinajstić information content (AvgIpc) is 2.78. The van der Waals surface area contributed by atoms with Crippen LogP contribution in [0.4, 0.5) is 4.79 Å². The molecule has 0 N–H and O–H groups in total. The van der Waals surface area contributed by atoms with Crippen LogP contribution in [0.1, 0.15) is 58.4 Å². The number of carbonyl (C=O) groups is 2. The maximum Gasteiger partial charge on any atom is 0.410 e. The van der Waals surface area contributed by atoms with Crippen molar-refractivity contribution in [2.45, 2.75) is 64.5 Å². The van der Waals surface area contributed by atoms with Gasteiger partial charge >= 0.3 is 12.1 Å². The van der Waals surface area contributed by atoms with Crippen LogP contribution in [-0.2, 0) is 14.3 Å². The SMILES string of the molecule is COC(=O)C1=C(c2ccc(Cl)cc2)CCC(N(C)CC2CCN(C(=O)OC(C)(C)C)CC2)C1. The van der Waals surface area contributed by atoms with Crippen LogP contribution in [0.2, 0.25) is 5.02 Å². The summed E-state index contributed by atoms with van der Waals surface area (Å²) in [7, 11) is 3.59. The van der Waals surface area contributed by atoms with Gasteiger partial charge in [-0.25, -0.2) is 9.59 Å². The van der Waals surface area contributed by atoms with Gasteiger partial charge in [0.2, 0.25) is 0 Å². The number of likely N-dealkylation sites (tertiary alicyclic amines) is 1. The summed E-state index contributed by atoms with van der Waals surface area (Å²) >= 11 is 6.05. The molecular weight excluding hydrogens is 440 g/mol. The molecule has 0 saturated carbocycles. The van der Waals surface area contributed by atoms with Crippen LogP contribution < -0.4 is 0 Å². The highest BCUT2D eigenvalue weighted by molar-refractivity contribution is 6.30. The maximum absolute atomic E-state index is 12.6. The van der Waals surface area contributed by atoms with Gasteiger partial charge in [0.1, 0.15) is 5.60 Å². The standard InChI is InChI=1S/C26H37ClN2O4/c1-26(2,3)33-25(31)29-14-12-18(13-15-29)17-28(4)21-10-11-22(23(16-21)24(30)32-5)19-6-8-20(27)9-7-19/h6-9,18,21H,10-17H2,1-5H3. The highest BCUT2D eigenvalue weighted by Crippen LogP contribution is 2.36. The molecule has 33 heavy (non-hydrogen) atoms. The summed E-state index contributed by atoms with van der Waals surface area (Å²) < 4.78 is 10.6. The second-order valence-electron chi connectivity index (χ2n) is 10.2. The van der Waals surface area contributed by atoms with Gasteiger partial charge in [0, 0.05) is 36.3 Å². The van der Waals surface area contributed by atoms with E-state index in [2.05, 4.69) is 11.9 Å². The zero-order valence-corrected chi connectivity index (χ0v) is 21.3. The Morgan fingerprint density at radius 2 is 1.76 bits per heavy atom. The number of benzene rings is 1. The molecule has 1 atom stereocenters. The molecule has 1 aliphatic carbocycles. The number of halogens is 1. The number of hydrogen-bond acceptors (Lipinski definition) is 5. The van der Waals surface area contributed by atoms with Gasteiger partial charge < -0.3 is 19.3 Å². The predicted octanol–water partition coefficient (Wildman–Crippen LogP) is 5.40. The van der Waals surface area contributed by atoms with Crippen molar-refractivity contribution in [3.63, 3.8) is 0 Å². The first-order valence-corrected chi connectivity index (χ1v) is 12.2. The summed E-state index contributed by atoms with van der Waals surface area (Å²) in [5, 5.41) is 0.685. The smallest absolute Gasteiger partial charge is 0.410 e. The number of ether oxygens (including phenoxy) is 2. The third kappa shape index (κ3) is 6.97. The molecule has 1 amide bonds. The van der Waals surface area contributed by atoms with Gasteiger partial charge in [-0.05, 0) is 89.1 Å². The van der Waals surface area contributed by atoms with E-state index in [1.54, 1.807) is 0 Å². The van der Waals surface area contributed by atoms with Crippen molar-refractivity contribution in [2.24, 2.45) is 5.92 Å². The van der Waals surface area contributed by atoms with Crippen molar-refractivity contribution >= 4 is 29.2 Å². The Morgan fingerprint density at radius 3 is 2.33 bits per heavy atom. The monoisotopic (exact) mass is 476 g/mol. The topological polar surface area (TPSA) is 59.1 Å². The number of nitrogens with zero attached hydrogens (tertiary/aromatic N) is 2. The molecule has 2 aliphatic rings. The van der Waals surface area contributed by atoms with Gasteiger partial charge in [0.05, 0.1) is 7.11 Å². The van der Waals surface area contributed by atoms with E-state index in [0.29, 0.717) is 23.4 Å². The summed E-state index contributed by atoms with van der Waals surface area (Å²) in [5.74, 6) is 0.278. The Bertz CT molecular complexity index is 867. The van der Waals surface area contributed by atoms with E-state index < -0.39 is 5.60 Å². The Morgan fingerprint density at radius 1 is 1.12 bits per heavy atom. The van der Waals surface area contributed by atoms with E-state index in [9.17, 15) is 9.59 Å². The Hall–Kier alpha value is -2.05. The third-order valence-corrected chi connectivity index (χ3v) is 6.84. The second-order valence-corrected chi connectivity index (χ2v) is 10.6. The highest BCUT2D eigenvalue weighted by Gasteiger charge is 2.32. The van der Waals surface area contributed by atoms with E-state index in [1.807, 2.05) is 49.9 Å². The number of allylic oxidation sites excluding steroid dienone is 1. The first-order chi connectivity index (χ1) is 15.6. The molecule has 1 heterocycles. The lowest BCUT2D eigenvalue weighted by Gasteiger charge is -2.38. The third-order valence-electron chi connectivity index (χ3n) is 6.59. The molecule has 1 aromatic carbocycles. The van der Waals surface area contributed by atoms with Crippen molar-refractivity contribution in [3.05, 3.63) is 40.4 Å². The van der Waals surface area contributed by atoms with Gasteiger partial charge in [0.25, 0.3) is 0 Å². The summed E-state index contributed by atoms with van der Waals surface area (Å²) in [6.45, 7) is 8.10. The lowest BCUT2D eigenvalue weighted by atomic mass is 9.83. The summed E-state index contributed by atoms with van der Waals surface area (Å²) in [6, 6.07) is 7.96. The molecule has 182 valence electrons. The molecule has 1 fully saturated rings. The number of esters is 1. The molecule has 1 unspecified atom stereocenters. The zero-order valence-electron chi connectivity index (χ0n) is 20.5. The van der Waals surface area contributed by atoms with Crippen LogP contribution >= 0.6 is 11.6 Å². The minimum atomic E-state index is -0.467. The molecule has 7 heteroatoms. The number of amides is 1. The van der Waals surface area contributed by atoms with Crippen molar-refractivity contribution in [2.75, 3.05) is 33.8 Å². The maximum atomic E-state index is 12.6. The van der Waals surface area contributed by atoms with E-state index >= 15 is 0 Å². The van der Waals surface area contributed by atoms with Crippen molar-refractivity contribution in [3.8, 4) is 0 Å². The van der Waals surface area contributed by atoms with Crippen LogP contribution in [0.5, 0.6) is 0 Å². The highest BCUT2D eigenvalue weighted by atomic mass is 35.5. The van der Waals surface area contributed by atoms with Crippen LogP contribution in [0.3, 0.4) is 0 Å². The normalized spacial score (nSPS) is 20.2. The zero-order chi connectivity index (χ0) is 24.2. The first kappa shape index (κ1) is 25.6. The molecule has 1 saturated heterocycles. The van der Waals surface area contributed by atoms with Crippen LogP contribution in [0.25, 0.3) is 5.57 Å². The van der Waals surface area contributed by atoms with E-state index in [-0.39, 0.29) is 12.1 Å². The van der Waals surface area contributed by atoms with E-state index in [0.717, 1.165) is 62.0 Å². The van der Waals surface area contributed by atoms with E-state index in [1.165, 1.54) is 7.11 Å². The Labute approximate surface area is 202 Å². The van der Waals surface area contributed by atoms with Gasteiger partial charge in [0.15, 0.2) is 0 Å². The molecule has 3 rings (SSSR count). The molecule has 0 bridgehead atoms. The lowest BCUT2D eigenvalue weighted by Crippen LogP contribution is -2.45. The number of piperidine rings is 1. The number of methoxy groups -OCH3 is 1. The minimum absolute atomic E-state index is 0.218. The fourth-order valence-electron chi connectivity index (χ4n) is 4.78. The predicted molar refractivity (Wildman–Crippen MR) is 131 cm³/mol. The molecule has 1 aromatic rings. The molecule has 0 radical (unpaired) electrons. The largest absolute Gasteiger partial charge is 0.466 e. The lowest BCUT2D eigenvalue weighted by molar-refractivity contribution is -0.136. The quantitative estimate of drug-likeness (QED) is 0.532. The Balaban J connectivity index is 1.59. The van der Waals surface area contributed by atoms with Gasteiger partial charge in [-0.3, -0.25) is 0 Å². The van der Waals surface area contributed by atoms with Crippen LogP contribution in [-0.4, -0.2) is 67.3 Å². The number of hydrogen-bond donors (Lipinski definition) is 0. The second kappa shape index (κ2) is 10.9. The molecule has 0 aromatic heterocycles. The van der Waals surface area contributed by atoms with Crippen LogP contribution in [0, 0.1) is 5.92 Å².